The van der Waals surface area contributed by atoms with Crippen LogP contribution >= 0.6 is 12.2 Å². The van der Waals surface area contributed by atoms with E-state index in [0.717, 1.165) is 30.4 Å². The summed E-state index contributed by atoms with van der Waals surface area (Å²) in [4.78, 5) is 12.6. The summed E-state index contributed by atoms with van der Waals surface area (Å²) in [5, 5.41) is 2.96. The lowest BCUT2D eigenvalue weighted by atomic mass is 10.0. The number of aryl methyl sites for hydroxylation is 1. The summed E-state index contributed by atoms with van der Waals surface area (Å²) in [6.07, 6.45) is 3.03. The standard InChI is InChI=1S/C14H18N2OS/c1-2-9-5-3-4-6-11(9)14(17)16-12(13(15)18)10-7-8-10/h3-6,10,12H,2,7-8H2,1H3,(H2,15,18)(H,16,17). The highest BCUT2D eigenvalue weighted by Crippen LogP contribution is 2.33. The number of nitrogens with one attached hydrogen (secondary N) is 1. The highest BCUT2D eigenvalue weighted by atomic mass is 32.1. The van der Waals surface area contributed by atoms with Crippen LogP contribution in [0.4, 0.5) is 0 Å². The first-order chi connectivity index (χ1) is 8.63. The van der Waals surface area contributed by atoms with Crippen molar-refractivity contribution < 1.29 is 4.79 Å². The second-order valence-corrected chi connectivity index (χ2v) is 5.17. The smallest absolute Gasteiger partial charge is 0.252 e. The van der Waals surface area contributed by atoms with Gasteiger partial charge in [0, 0.05) is 5.56 Å². The van der Waals surface area contributed by atoms with Crippen LogP contribution in [0.5, 0.6) is 0 Å². The molecule has 0 aliphatic heterocycles. The van der Waals surface area contributed by atoms with E-state index in [1.165, 1.54) is 0 Å². The molecule has 0 saturated heterocycles. The summed E-state index contributed by atoms with van der Waals surface area (Å²) in [6.45, 7) is 2.04. The number of benzene rings is 1. The van der Waals surface area contributed by atoms with Crippen LogP contribution in [0.2, 0.25) is 0 Å². The zero-order valence-corrected chi connectivity index (χ0v) is 11.3. The fourth-order valence-corrected chi connectivity index (χ4v) is 2.37. The molecule has 0 heterocycles. The molecule has 1 aromatic carbocycles. The summed E-state index contributed by atoms with van der Waals surface area (Å²) >= 11 is 5.03. The second kappa shape index (κ2) is 5.48. The molecule has 1 unspecified atom stereocenters. The summed E-state index contributed by atoms with van der Waals surface area (Å²) in [5.74, 6) is 0.359. The van der Waals surface area contributed by atoms with Crippen molar-refractivity contribution in [3.8, 4) is 0 Å². The van der Waals surface area contributed by atoms with Crippen LogP contribution < -0.4 is 11.1 Å². The molecule has 1 aliphatic carbocycles. The Morgan fingerprint density at radius 3 is 2.72 bits per heavy atom. The molecule has 2 rings (SSSR count). The van der Waals surface area contributed by atoms with Crippen LogP contribution in [0.15, 0.2) is 24.3 Å². The average molecular weight is 262 g/mol. The summed E-state index contributed by atoms with van der Waals surface area (Å²) in [6, 6.07) is 7.49. The van der Waals surface area contributed by atoms with E-state index >= 15 is 0 Å². The van der Waals surface area contributed by atoms with Gasteiger partial charge in [-0.2, -0.15) is 0 Å². The second-order valence-electron chi connectivity index (χ2n) is 4.70. The zero-order valence-electron chi connectivity index (χ0n) is 10.5. The van der Waals surface area contributed by atoms with Crippen LogP contribution in [-0.2, 0) is 6.42 Å². The van der Waals surface area contributed by atoms with Gasteiger partial charge in [-0.05, 0) is 36.8 Å². The molecule has 0 aromatic heterocycles. The van der Waals surface area contributed by atoms with E-state index in [4.69, 9.17) is 18.0 Å². The molecule has 18 heavy (non-hydrogen) atoms. The number of hydrogen-bond donors (Lipinski definition) is 2. The van der Waals surface area contributed by atoms with Crippen molar-refractivity contribution in [2.75, 3.05) is 0 Å². The maximum atomic E-state index is 12.2. The molecule has 3 N–H and O–H groups in total. The van der Waals surface area contributed by atoms with Gasteiger partial charge in [0.1, 0.15) is 0 Å². The number of thiocarbonyl (C=S) groups is 1. The van der Waals surface area contributed by atoms with E-state index in [1.54, 1.807) is 0 Å². The molecular weight excluding hydrogens is 244 g/mol. The van der Waals surface area contributed by atoms with Crippen molar-refractivity contribution >= 4 is 23.1 Å². The van der Waals surface area contributed by atoms with Gasteiger partial charge in [0.15, 0.2) is 0 Å². The highest BCUT2D eigenvalue weighted by molar-refractivity contribution is 7.80. The fraction of sp³-hybridized carbons (Fsp3) is 0.429. The maximum absolute atomic E-state index is 12.2. The number of carbonyl (C=O) groups excluding carboxylic acids is 1. The molecule has 1 aliphatic rings. The lowest BCUT2D eigenvalue weighted by molar-refractivity contribution is 0.0943. The Balaban J connectivity index is 2.13. The van der Waals surface area contributed by atoms with Crippen LogP contribution in [-0.4, -0.2) is 16.9 Å². The van der Waals surface area contributed by atoms with Gasteiger partial charge in [-0.3, -0.25) is 4.79 Å². The lowest BCUT2D eigenvalue weighted by Crippen LogP contribution is -2.45. The van der Waals surface area contributed by atoms with E-state index in [-0.39, 0.29) is 11.9 Å². The molecule has 1 fully saturated rings. The third kappa shape index (κ3) is 2.88. The number of carbonyl (C=O) groups is 1. The third-order valence-corrected chi connectivity index (χ3v) is 3.58. The van der Waals surface area contributed by atoms with Gasteiger partial charge in [0.25, 0.3) is 5.91 Å². The first-order valence-electron chi connectivity index (χ1n) is 6.31. The number of amides is 1. The molecule has 0 bridgehead atoms. The first-order valence-corrected chi connectivity index (χ1v) is 6.72. The number of nitrogens with two attached hydrogens (primary N) is 1. The first kappa shape index (κ1) is 13.0. The van der Waals surface area contributed by atoms with Crippen molar-refractivity contribution in [2.24, 2.45) is 11.7 Å². The van der Waals surface area contributed by atoms with E-state index < -0.39 is 0 Å². The third-order valence-electron chi connectivity index (χ3n) is 3.33. The molecule has 1 saturated carbocycles. The normalized spacial score (nSPS) is 16.1. The SMILES string of the molecule is CCc1ccccc1C(=O)NC(C(N)=S)C1CC1. The topological polar surface area (TPSA) is 55.1 Å². The number of hydrogen-bond acceptors (Lipinski definition) is 2. The summed E-state index contributed by atoms with van der Waals surface area (Å²) in [5.41, 5.74) is 7.46. The minimum atomic E-state index is -0.155. The summed E-state index contributed by atoms with van der Waals surface area (Å²) < 4.78 is 0. The Hall–Kier alpha value is -1.42. The van der Waals surface area contributed by atoms with Gasteiger partial charge in [-0.1, -0.05) is 37.3 Å². The number of rotatable bonds is 5. The molecule has 1 amide bonds. The molecule has 3 nitrogen and oxygen atoms in total. The Morgan fingerprint density at radius 1 is 1.50 bits per heavy atom. The van der Waals surface area contributed by atoms with E-state index in [0.29, 0.717) is 10.9 Å². The Kier molecular flexibility index (Phi) is 3.97. The van der Waals surface area contributed by atoms with Crippen molar-refractivity contribution in [1.29, 1.82) is 0 Å². The fourth-order valence-electron chi connectivity index (χ4n) is 2.12. The van der Waals surface area contributed by atoms with Gasteiger partial charge in [0.05, 0.1) is 11.0 Å². The monoisotopic (exact) mass is 262 g/mol. The molecule has 1 aromatic rings. The quantitative estimate of drug-likeness (QED) is 0.798. The van der Waals surface area contributed by atoms with Gasteiger partial charge < -0.3 is 11.1 Å². The highest BCUT2D eigenvalue weighted by Gasteiger charge is 2.34. The van der Waals surface area contributed by atoms with Crippen molar-refractivity contribution in [1.82, 2.24) is 5.32 Å². The van der Waals surface area contributed by atoms with Crippen molar-refractivity contribution in [2.45, 2.75) is 32.2 Å². The van der Waals surface area contributed by atoms with Gasteiger partial charge in [0.2, 0.25) is 0 Å². The van der Waals surface area contributed by atoms with Crippen LogP contribution in [0.1, 0.15) is 35.7 Å². The molecule has 4 heteroatoms. The van der Waals surface area contributed by atoms with Gasteiger partial charge >= 0.3 is 0 Å². The van der Waals surface area contributed by atoms with E-state index in [9.17, 15) is 4.79 Å². The zero-order chi connectivity index (χ0) is 13.1. The predicted molar refractivity (Wildman–Crippen MR) is 76.6 cm³/mol. The van der Waals surface area contributed by atoms with Gasteiger partial charge in [-0.25, -0.2) is 0 Å². The Bertz CT molecular complexity index is 469. The largest absolute Gasteiger partial charge is 0.392 e. The van der Waals surface area contributed by atoms with Crippen molar-refractivity contribution in [3.05, 3.63) is 35.4 Å². The molecule has 96 valence electrons. The average Bonchev–Trinajstić information content (AvgIpc) is 3.19. The molecule has 1 atom stereocenters. The summed E-state index contributed by atoms with van der Waals surface area (Å²) in [7, 11) is 0. The lowest BCUT2D eigenvalue weighted by Gasteiger charge is -2.17. The van der Waals surface area contributed by atoms with Crippen LogP contribution in [0.25, 0.3) is 0 Å². The van der Waals surface area contributed by atoms with E-state index in [1.807, 2.05) is 31.2 Å². The molecular formula is C14H18N2OS. The van der Waals surface area contributed by atoms with Gasteiger partial charge in [-0.15, -0.1) is 0 Å². The minimum Gasteiger partial charge on any atom is -0.392 e. The van der Waals surface area contributed by atoms with Crippen LogP contribution in [0.3, 0.4) is 0 Å². The van der Waals surface area contributed by atoms with Crippen LogP contribution in [0, 0.1) is 5.92 Å². The minimum absolute atomic E-state index is 0.0721. The molecule has 0 spiro atoms. The molecule has 0 radical (unpaired) electrons. The predicted octanol–water partition coefficient (Wildman–Crippen LogP) is 2.04. The maximum Gasteiger partial charge on any atom is 0.252 e. The van der Waals surface area contributed by atoms with Crippen molar-refractivity contribution in [3.63, 3.8) is 0 Å². The Labute approximate surface area is 113 Å². The van der Waals surface area contributed by atoms with E-state index in [2.05, 4.69) is 5.32 Å². The Morgan fingerprint density at radius 2 is 2.17 bits per heavy atom.